The van der Waals surface area contributed by atoms with E-state index in [0.717, 1.165) is 17.1 Å². The van der Waals surface area contributed by atoms with Crippen LogP contribution in [-0.2, 0) is 0 Å². The maximum atomic E-state index is 2.40. The summed E-state index contributed by atoms with van der Waals surface area (Å²) in [5.74, 6) is 0. The normalized spacial score (nSPS) is 11.3. The molecule has 0 aliphatic rings. The van der Waals surface area contributed by atoms with E-state index in [0.29, 0.717) is 0 Å². The van der Waals surface area contributed by atoms with Gasteiger partial charge in [0.05, 0.1) is 5.69 Å². The first-order valence-corrected chi connectivity index (χ1v) is 16.8. The number of nitrogens with zero attached hydrogens (tertiary/aromatic N) is 1. The fourth-order valence-corrected chi connectivity index (χ4v) is 7.20. The van der Waals surface area contributed by atoms with Crippen molar-refractivity contribution in [3.8, 4) is 33.4 Å². The van der Waals surface area contributed by atoms with E-state index in [4.69, 9.17) is 0 Å². The van der Waals surface area contributed by atoms with Gasteiger partial charge in [-0.1, -0.05) is 170 Å². The number of benzene rings is 9. The highest BCUT2D eigenvalue weighted by atomic mass is 15.1. The molecule has 1 heteroatoms. The van der Waals surface area contributed by atoms with Crippen LogP contribution in [0, 0.1) is 0 Å². The van der Waals surface area contributed by atoms with Gasteiger partial charge >= 0.3 is 0 Å². The lowest BCUT2D eigenvalue weighted by atomic mass is 9.96. The predicted octanol–water partition coefficient (Wildman–Crippen LogP) is 13.6. The molecule has 0 radical (unpaired) electrons. The fourth-order valence-electron chi connectivity index (χ4n) is 7.20. The number of hydrogen-bond acceptors (Lipinski definition) is 1. The zero-order chi connectivity index (χ0) is 32.6. The fraction of sp³-hybridized carbons (Fsp3) is 0. The molecule has 0 saturated heterocycles. The number of rotatable bonds is 6. The van der Waals surface area contributed by atoms with E-state index >= 15 is 0 Å². The van der Waals surface area contributed by atoms with Gasteiger partial charge in [0, 0.05) is 16.9 Å². The third kappa shape index (κ3) is 5.32. The van der Waals surface area contributed by atoms with Gasteiger partial charge in [0.1, 0.15) is 0 Å². The summed E-state index contributed by atoms with van der Waals surface area (Å²) in [4.78, 5) is 2.40. The van der Waals surface area contributed by atoms with Crippen LogP contribution < -0.4 is 4.90 Å². The van der Waals surface area contributed by atoms with Crippen molar-refractivity contribution in [2.45, 2.75) is 0 Å². The number of fused-ring (bicyclic) bond motifs is 5. The van der Waals surface area contributed by atoms with Gasteiger partial charge in [-0.2, -0.15) is 0 Å². The lowest BCUT2D eigenvalue weighted by Crippen LogP contribution is -2.11. The number of anilines is 3. The van der Waals surface area contributed by atoms with Crippen LogP contribution in [0.4, 0.5) is 17.1 Å². The highest BCUT2D eigenvalue weighted by Gasteiger charge is 2.18. The Balaban J connectivity index is 1.16. The molecule has 9 aromatic carbocycles. The molecule has 0 atom stereocenters. The minimum absolute atomic E-state index is 1.11. The third-order valence-corrected chi connectivity index (χ3v) is 9.66. The van der Waals surface area contributed by atoms with E-state index < -0.39 is 0 Å². The molecule has 0 bridgehead atoms. The van der Waals surface area contributed by atoms with Crippen molar-refractivity contribution in [2.75, 3.05) is 4.90 Å². The SMILES string of the molecule is c1ccc(-c2ccc(-c3ccc(N(c4ccc5c(ccc6c7ccccc7ccc56)c4)c4ccccc4-c4ccccc4)cc3)cc2)cc1. The topological polar surface area (TPSA) is 3.24 Å². The lowest BCUT2D eigenvalue weighted by Gasteiger charge is -2.28. The van der Waals surface area contributed by atoms with E-state index in [-0.39, 0.29) is 0 Å². The average Bonchev–Trinajstić information content (AvgIpc) is 3.19. The molecule has 0 amide bonds. The van der Waals surface area contributed by atoms with Gasteiger partial charge in [-0.3, -0.25) is 0 Å². The van der Waals surface area contributed by atoms with Crippen molar-refractivity contribution in [1.29, 1.82) is 0 Å². The summed E-state index contributed by atoms with van der Waals surface area (Å²) in [6.07, 6.45) is 0. The largest absolute Gasteiger partial charge is 0.310 e. The lowest BCUT2D eigenvalue weighted by molar-refractivity contribution is 1.29. The second kappa shape index (κ2) is 12.3. The Hall–Kier alpha value is -6.44. The molecule has 0 aromatic heterocycles. The molecule has 9 aromatic rings. The monoisotopic (exact) mass is 623 g/mol. The van der Waals surface area contributed by atoms with Crippen LogP contribution in [0.2, 0.25) is 0 Å². The summed E-state index contributed by atoms with van der Waals surface area (Å²) in [6.45, 7) is 0. The van der Waals surface area contributed by atoms with Crippen molar-refractivity contribution >= 4 is 49.4 Å². The molecule has 0 heterocycles. The molecule has 1 nitrogen and oxygen atoms in total. The van der Waals surface area contributed by atoms with Crippen LogP contribution in [0.25, 0.3) is 65.7 Å². The molecule has 9 rings (SSSR count). The molecule has 0 aliphatic carbocycles. The Labute approximate surface area is 287 Å². The molecule has 49 heavy (non-hydrogen) atoms. The zero-order valence-electron chi connectivity index (χ0n) is 27.0. The highest BCUT2D eigenvalue weighted by Crippen LogP contribution is 2.43. The summed E-state index contributed by atoms with van der Waals surface area (Å²) in [5, 5.41) is 7.61. The Morgan fingerprint density at radius 1 is 0.265 bits per heavy atom. The van der Waals surface area contributed by atoms with E-state index in [9.17, 15) is 0 Å². The number of hydrogen-bond donors (Lipinski definition) is 0. The van der Waals surface area contributed by atoms with Crippen LogP contribution >= 0.6 is 0 Å². The Bertz CT molecular complexity index is 2570. The Morgan fingerprint density at radius 3 is 1.43 bits per heavy atom. The van der Waals surface area contributed by atoms with Crippen LogP contribution in [0.5, 0.6) is 0 Å². The number of para-hydroxylation sites is 1. The Kier molecular flexibility index (Phi) is 7.22. The second-order valence-corrected chi connectivity index (χ2v) is 12.6. The van der Waals surface area contributed by atoms with Gasteiger partial charge in [-0.25, -0.2) is 0 Å². The van der Waals surface area contributed by atoms with Gasteiger partial charge in [-0.15, -0.1) is 0 Å². The van der Waals surface area contributed by atoms with Crippen LogP contribution in [0.1, 0.15) is 0 Å². The third-order valence-electron chi connectivity index (χ3n) is 9.66. The first kappa shape index (κ1) is 28.8. The summed E-state index contributed by atoms with van der Waals surface area (Å²) in [5.41, 5.74) is 10.6. The molecular weight excluding hydrogens is 591 g/mol. The molecule has 230 valence electrons. The zero-order valence-corrected chi connectivity index (χ0v) is 27.0. The molecule has 0 fully saturated rings. The maximum absolute atomic E-state index is 2.40. The molecule has 0 aliphatic heterocycles. The molecule has 0 saturated carbocycles. The van der Waals surface area contributed by atoms with Gasteiger partial charge in [0.15, 0.2) is 0 Å². The van der Waals surface area contributed by atoms with Gasteiger partial charge in [0.25, 0.3) is 0 Å². The maximum Gasteiger partial charge on any atom is 0.0540 e. The van der Waals surface area contributed by atoms with Gasteiger partial charge in [0.2, 0.25) is 0 Å². The van der Waals surface area contributed by atoms with Crippen molar-refractivity contribution in [1.82, 2.24) is 0 Å². The second-order valence-electron chi connectivity index (χ2n) is 12.6. The van der Waals surface area contributed by atoms with Crippen molar-refractivity contribution < 1.29 is 0 Å². The first-order chi connectivity index (χ1) is 24.3. The smallest absolute Gasteiger partial charge is 0.0540 e. The molecule has 0 N–H and O–H groups in total. The summed E-state index contributed by atoms with van der Waals surface area (Å²) < 4.78 is 0. The van der Waals surface area contributed by atoms with Crippen LogP contribution in [-0.4, -0.2) is 0 Å². The van der Waals surface area contributed by atoms with E-state index in [1.807, 2.05) is 0 Å². The van der Waals surface area contributed by atoms with Crippen molar-refractivity contribution in [2.24, 2.45) is 0 Å². The van der Waals surface area contributed by atoms with Crippen molar-refractivity contribution in [3.63, 3.8) is 0 Å². The van der Waals surface area contributed by atoms with E-state index in [1.54, 1.807) is 0 Å². The summed E-state index contributed by atoms with van der Waals surface area (Å²) >= 11 is 0. The standard InChI is InChI=1S/C48H33N/c1-3-11-34(12-4-1)35-19-21-36(22-20-35)37-23-27-41(28-24-37)49(48-18-10-9-17-45(48)38-13-5-2-6-14-38)42-29-32-44-40(33-42)26-31-46-43-16-8-7-15-39(43)25-30-47(44)46/h1-33H. The molecule has 0 unspecified atom stereocenters. The Morgan fingerprint density at radius 2 is 0.735 bits per heavy atom. The highest BCUT2D eigenvalue weighted by molar-refractivity contribution is 6.17. The quantitative estimate of drug-likeness (QED) is 0.167. The van der Waals surface area contributed by atoms with Gasteiger partial charge in [-0.05, 0) is 90.5 Å². The van der Waals surface area contributed by atoms with E-state index in [2.05, 4.69) is 205 Å². The first-order valence-electron chi connectivity index (χ1n) is 16.8. The van der Waals surface area contributed by atoms with Gasteiger partial charge < -0.3 is 4.90 Å². The van der Waals surface area contributed by atoms with E-state index in [1.165, 1.54) is 65.7 Å². The van der Waals surface area contributed by atoms with Crippen LogP contribution in [0.15, 0.2) is 200 Å². The summed E-state index contributed by atoms with van der Waals surface area (Å²) in [6, 6.07) is 72.4. The van der Waals surface area contributed by atoms with Crippen molar-refractivity contribution in [3.05, 3.63) is 200 Å². The predicted molar refractivity (Wildman–Crippen MR) is 210 cm³/mol. The minimum Gasteiger partial charge on any atom is -0.310 e. The minimum atomic E-state index is 1.11. The average molecular weight is 624 g/mol. The summed E-state index contributed by atoms with van der Waals surface area (Å²) in [7, 11) is 0. The molecular formula is C48H33N. The molecule has 0 spiro atoms. The van der Waals surface area contributed by atoms with Crippen LogP contribution in [0.3, 0.4) is 0 Å².